The van der Waals surface area contributed by atoms with E-state index in [4.69, 9.17) is 4.74 Å². The summed E-state index contributed by atoms with van der Waals surface area (Å²) in [7, 11) is 4.08. The van der Waals surface area contributed by atoms with Crippen molar-refractivity contribution in [1.29, 1.82) is 0 Å². The van der Waals surface area contributed by atoms with Crippen LogP contribution in [-0.4, -0.2) is 45.3 Å². The van der Waals surface area contributed by atoms with Crippen molar-refractivity contribution < 1.29 is 4.74 Å². The number of nitrogens with one attached hydrogen (secondary N) is 1. The van der Waals surface area contributed by atoms with Crippen molar-refractivity contribution in [2.75, 3.05) is 40.4 Å². The average molecular weight is 242 g/mol. The van der Waals surface area contributed by atoms with E-state index >= 15 is 0 Å². The number of nitrogens with zero attached hydrogens (tertiary/aromatic N) is 1. The molecule has 0 saturated carbocycles. The van der Waals surface area contributed by atoms with Crippen LogP contribution in [0.4, 0.5) is 0 Å². The molecule has 0 aliphatic rings. The number of hydrogen-bond donors (Lipinski definition) is 1. The van der Waals surface area contributed by atoms with E-state index in [1.165, 1.54) is 38.8 Å². The van der Waals surface area contributed by atoms with Crippen LogP contribution in [0.25, 0.3) is 0 Å². The summed E-state index contributed by atoms with van der Waals surface area (Å²) in [5.74, 6) is 0. The standard InChI is InChI=1S/C14H30N2O/c1-5-6-10-16(4)11-8-7-9-12-17-13-14(2)15-3/h15H,2,5-13H2,1,3-4H3. The van der Waals surface area contributed by atoms with Gasteiger partial charge in [-0.2, -0.15) is 0 Å². The Hall–Kier alpha value is -0.540. The summed E-state index contributed by atoms with van der Waals surface area (Å²) in [6, 6.07) is 0. The number of rotatable bonds is 12. The fraction of sp³-hybridized carbons (Fsp3) is 0.857. The van der Waals surface area contributed by atoms with Crippen LogP contribution in [0.5, 0.6) is 0 Å². The molecule has 0 atom stereocenters. The molecule has 17 heavy (non-hydrogen) atoms. The Kier molecular flexibility index (Phi) is 11.6. The zero-order chi connectivity index (χ0) is 12.9. The molecule has 0 saturated heterocycles. The Balaban J connectivity index is 3.15. The maximum absolute atomic E-state index is 5.48. The molecule has 0 aromatic heterocycles. The van der Waals surface area contributed by atoms with Crippen LogP contribution in [-0.2, 0) is 4.74 Å². The van der Waals surface area contributed by atoms with Gasteiger partial charge in [0.25, 0.3) is 0 Å². The minimum absolute atomic E-state index is 0.632. The molecule has 3 nitrogen and oxygen atoms in total. The molecule has 0 radical (unpaired) electrons. The van der Waals surface area contributed by atoms with Crippen LogP contribution < -0.4 is 5.32 Å². The van der Waals surface area contributed by atoms with Crippen LogP contribution in [0, 0.1) is 0 Å². The predicted octanol–water partition coefficient (Wildman–Crippen LogP) is 2.64. The molecule has 1 N–H and O–H groups in total. The predicted molar refractivity (Wildman–Crippen MR) is 75.3 cm³/mol. The summed E-state index contributed by atoms with van der Waals surface area (Å²) in [5.41, 5.74) is 0.948. The van der Waals surface area contributed by atoms with Gasteiger partial charge < -0.3 is 15.0 Å². The van der Waals surface area contributed by atoms with E-state index in [0.717, 1.165) is 18.7 Å². The van der Waals surface area contributed by atoms with Gasteiger partial charge in [0.15, 0.2) is 0 Å². The number of unbranched alkanes of at least 4 members (excludes halogenated alkanes) is 3. The summed E-state index contributed by atoms with van der Waals surface area (Å²) in [5, 5.41) is 2.98. The molecule has 0 aliphatic carbocycles. The highest BCUT2D eigenvalue weighted by molar-refractivity contribution is 4.88. The highest BCUT2D eigenvalue weighted by Crippen LogP contribution is 2.00. The first-order chi connectivity index (χ1) is 8.20. The van der Waals surface area contributed by atoms with Gasteiger partial charge in [0.2, 0.25) is 0 Å². The number of likely N-dealkylation sites (N-methyl/N-ethyl adjacent to an activating group) is 1. The molecular weight excluding hydrogens is 212 g/mol. The third kappa shape index (κ3) is 11.7. The number of ether oxygens (including phenoxy) is 1. The molecule has 0 unspecified atom stereocenters. The lowest BCUT2D eigenvalue weighted by Crippen LogP contribution is -2.20. The maximum atomic E-state index is 5.48. The van der Waals surface area contributed by atoms with Crippen molar-refractivity contribution in [3.8, 4) is 0 Å². The molecule has 0 aliphatic heterocycles. The van der Waals surface area contributed by atoms with Gasteiger partial charge in [0.1, 0.15) is 0 Å². The minimum Gasteiger partial charge on any atom is -0.390 e. The summed E-state index contributed by atoms with van der Waals surface area (Å²) in [6.45, 7) is 9.98. The van der Waals surface area contributed by atoms with Crippen LogP contribution in [0.2, 0.25) is 0 Å². The maximum Gasteiger partial charge on any atom is 0.0856 e. The summed E-state index contributed by atoms with van der Waals surface area (Å²) in [6.07, 6.45) is 6.27. The fourth-order valence-electron chi connectivity index (χ4n) is 1.57. The van der Waals surface area contributed by atoms with Crippen molar-refractivity contribution in [1.82, 2.24) is 10.2 Å². The molecular formula is C14H30N2O. The van der Waals surface area contributed by atoms with Gasteiger partial charge in [0, 0.05) is 19.4 Å². The van der Waals surface area contributed by atoms with Crippen molar-refractivity contribution in [3.63, 3.8) is 0 Å². The van der Waals surface area contributed by atoms with E-state index in [1.54, 1.807) is 0 Å². The molecule has 0 aromatic carbocycles. The number of hydrogen-bond acceptors (Lipinski definition) is 3. The van der Waals surface area contributed by atoms with Gasteiger partial charge in [-0.25, -0.2) is 0 Å². The van der Waals surface area contributed by atoms with Gasteiger partial charge in [-0.15, -0.1) is 0 Å². The van der Waals surface area contributed by atoms with Crippen LogP contribution >= 0.6 is 0 Å². The summed E-state index contributed by atoms with van der Waals surface area (Å²) >= 11 is 0. The largest absolute Gasteiger partial charge is 0.390 e. The Morgan fingerprint density at radius 1 is 1.18 bits per heavy atom. The second kappa shape index (κ2) is 11.9. The third-order valence-corrected chi connectivity index (χ3v) is 2.85. The first-order valence-corrected chi connectivity index (χ1v) is 6.82. The van der Waals surface area contributed by atoms with Gasteiger partial charge in [0.05, 0.1) is 6.61 Å². The van der Waals surface area contributed by atoms with Crippen molar-refractivity contribution in [2.45, 2.75) is 39.0 Å². The van der Waals surface area contributed by atoms with Gasteiger partial charge >= 0.3 is 0 Å². The Morgan fingerprint density at radius 2 is 1.88 bits per heavy atom. The normalized spacial score (nSPS) is 10.8. The van der Waals surface area contributed by atoms with E-state index in [0.29, 0.717) is 6.61 Å². The van der Waals surface area contributed by atoms with E-state index in [-0.39, 0.29) is 0 Å². The lowest BCUT2D eigenvalue weighted by atomic mass is 10.2. The van der Waals surface area contributed by atoms with Crippen molar-refractivity contribution >= 4 is 0 Å². The molecule has 0 spiro atoms. The molecule has 0 rings (SSSR count). The third-order valence-electron chi connectivity index (χ3n) is 2.85. The SMILES string of the molecule is C=C(COCCCCCN(C)CCCC)NC. The molecule has 102 valence electrons. The summed E-state index contributed by atoms with van der Waals surface area (Å²) < 4.78 is 5.48. The average Bonchev–Trinajstić information content (AvgIpc) is 2.34. The van der Waals surface area contributed by atoms with Gasteiger partial charge in [-0.05, 0) is 45.8 Å². The Labute approximate surface area is 107 Å². The van der Waals surface area contributed by atoms with E-state index < -0.39 is 0 Å². The van der Waals surface area contributed by atoms with Gasteiger partial charge in [-0.3, -0.25) is 0 Å². The van der Waals surface area contributed by atoms with E-state index in [1.807, 2.05) is 7.05 Å². The molecule has 3 heteroatoms. The first-order valence-electron chi connectivity index (χ1n) is 6.82. The molecule has 0 aromatic rings. The second-order valence-corrected chi connectivity index (χ2v) is 4.62. The lowest BCUT2D eigenvalue weighted by molar-refractivity contribution is 0.147. The van der Waals surface area contributed by atoms with Crippen LogP contribution in [0.3, 0.4) is 0 Å². The zero-order valence-corrected chi connectivity index (χ0v) is 11.9. The molecule has 0 heterocycles. The van der Waals surface area contributed by atoms with E-state index in [9.17, 15) is 0 Å². The van der Waals surface area contributed by atoms with Crippen molar-refractivity contribution in [2.24, 2.45) is 0 Å². The van der Waals surface area contributed by atoms with E-state index in [2.05, 4.69) is 30.8 Å². The fourth-order valence-corrected chi connectivity index (χ4v) is 1.57. The highest BCUT2D eigenvalue weighted by Gasteiger charge is 1.97. The van der Waals surface area contributed by atoms with Crippen molar-refractivity contribution in [3.05, 3.63) is 12.3 Å². The molecule has 0 amide bonds. The zero-order valence-electron chi connectivity index (χ0n) is 11.9. The molecule has 0 fully saturated rings. The monoisotopic (exact) mass is 242 g/mol. The van der Waals surface area contributed by atoms with Crippen LogP contribution in [0.15, 0.2) is 12.3 Å². The highest BCUT2D eigenvalue weighted by atomic mass is 16.5. The van der Waals surface area contributed by atoms with Crippen LogP contribution in [0.1, 0.15) is 39.0 Å². The lowest BCUT2D eigenvalue weighted by Gasteiger charge is -2.15. The smallest absolute Gasteiger partial charge is 0.0856 e. The summed E-state index contributed by atoms with van der Waals surface area (Å²) in [4.78, 5) is 2.42. The first kappa shape index (κ1) is 16.5. The second-order valence-electron chi connectivity index (χ2n) is 4.62. The quantitative estimate of drug-likeness (QED) is 0.532. The Morgan fingerprint density at radius 3 is 2.53 bits per heavy atom. The minimum atomic E-state index is 0.632. The Bertz CT molecular complexity index is 183. The molecule has 0 bridgehead atoms. The van der Waals surface area contributed by atoms with Gasteiger partial charge in [-0.1, -0.05) is 19.9 Å². The topological polar surface area (TPSA) is 24.5 Å².